The Bertz CT molecular complexity index is 245. The maximum atomic E-state index is 11.4. The fourth-order valence-electron chi connectivity index (χ4n) is 1.14. The van der Waals surface area contributed by atoms with Crippen molar-refractivity contribution < 1.29 is 19.4 Å². The minimum absolute atomic E-state index is 0.112. The van der Waals surface area contributed by atoms with Crippen LogP contribution in [0.5, 0.6) is 0 Å². The van der Waals surface area contributed by atoms with Crippen LogP contribution in [0.25, 0.3) is 0 Å². The smallest absolute Gasteiger partial charge is 0.323 e. The molecular formula is C11H21NO4. The lowest BCUT2D eigenvalue weighted by molar-refractivity contribution is -0.156. The van der Waals surface area contributed by atoms with E-state index in [0.29, 0.717) is 19.3 Å². The Morgan fingerprint density at radius 2 is 1.88 bits per heavy atom. The highest BCUT2D eigenvalue weighted by Crippen LogP contribution is 2.10. The van der Waals surface area contributed by atoms with Crippen molar-refractivity contribution in [2.75, 3.05) is 0 Å². The third-order valence-corrected chi connectivity index (χ3v) is 1.87. The summed E-state index contributed by atoms with van der Waals surface area (Å²) in [5.41, 5.74) is 5.09. The van der Waals surface area contributed by atoms with Crippen LogP contribution in [0.1, 0.15) is 46.5 Å². The Balaban J connectivity index is 3.76. The van der Waals surface area contributed by atoms with Gasteiger partial charge in [0.2, 0.25) is 0 Å². The van der Waals surface area contributed by atoms with Crippen molar-refractivity contribution in [1.29, 1.82) is 0 Å². The zero-order chi connectivity index (χ0) is 12.8. The Morgan fingerprint density at radius 1 is 1.31 bits per heavy atom. The van der Waals surface area contributed by atoms with Crippen molar-refractivity contribution in [3.05, 3.63) is 0 Å². The Labute approximate surface area is 96.0 Å². The van der Waals surface area contributed by atoms with Gasteiger partial charge in [0.15, 0.2) is 0 Å². The number of esters is 1. The first-order valence-corrected chi connectivity index (χ1v) is 5.42. The summed E-state index contributed by atoms with van der Waals surface area (Å²) in [6, 6.07) is -0.659. The van der Waals surface area contributed by atoms with Gasteiger partial charge < -0.3 is 15.6 Å². The van der Waals surface area contributed by atoms with Crippen LogP contribution in [0.2, 0.25) is 0 Å². The average Bonchev–Trinajstić information content (AvgIpc) is 2.08. The standard InChI is InChI=1S/C11H21NO4/c1-11(2,3)16-10(15)8(12)6-4-5-7-9(13)14/h8H,4-7,12H2,1-3H3,(H,13,14)/t8-/m1/s1. The van der Waals surface area contributed by atoms with E-state index in [9.17, 15) is 9.59 Å². The Kier molecular flexibility index (Phi) is 6.03. The zero-order valence-corrected chi connectivity index (χ0v) is 10.2. The van der Waals surface area contributed by atoms with Crippen LogP contribution in [0.3, 0.4) is 0 Å². The van der Waals surface area contributed by atoms with Gasteiger partial charge in [-0.05, 0) is 33.6 Å². The zero-order valence-electron chi connectivity index (χ0n) is 10.2. The quantitative estimate of drug-likeness (QED) is 0.531. The van der Waals surface area contributed by atoms with Crippen LogP contribution in [-0.4, -0.2) is 28.7 Å². The summed E-state index contributed by atoms with van der Waals surface area (Å²) in [5.74, 6) is -1.26. The SMILES string of the molecule is CC(C)(C)OC(=O)[C@H](N)CCCCC(=O)O. The second-order valence-corrected chi connectivity index (χ2v) is 4.78. The fraction of sp³-hybridized carbons (Fsp3) is 0.818. The summed E-state index contributed by atoms with van der Waals surface area (Å²) in [7, 11) is 0. The molecule has 0 saturated heterocycles. The molecule has 0 amide bonds. The lowest BCUT2D eigenvalue weighted by Gasteiger charge is -2.22. The molecule has 0 bridgehead atoms. The maximum Gasteiger partial charge on any atom is 0.323 e. The second-order valence-electron chi connectivity index (χ2n) is 4.78. The van der Waals surface area contributed by atoms with Gasteiger partial charge in [0.05, 0.1) is 0 Å². The molecule has 3 N–H and O–H groups in total. The molecule has 0 heterocycles. The van der Waals surface area contributed by atoms with Crippen molar-refractivity contribution in [2.45, 2.75) is 58.1 Å². The predicted octanol–water partition coefficient (Wildman–Crippen LogP) is 1.30. The minimum Gasteiger partial charge on any atom is -0.481 e. The number of carboxylic acid groups (broad SMARTS) is 1. The van der Waals surface area contributed by atoms with Gasteiger partial charge in [-0.25, -0.2) is 0 Å². The topological polar surface area (TPSA) is 89.6 Å². The first kappa shape index (κ1) is 14.9. The molecule has 0 fully saturated rings. The molecule has 0 aromatic rings. The van der Waals surface area contributed by atoms with Crippen molar-refractivity contribution in [3.63, 3.8) is 0 Å². The van der Waals surface area contributed by atoms with E-state index in [-0.39, 0.29) is 6.42 Å². The van der Waals surface area contributed by atoms with Gasteiger partial charge in [0.25, 0.3) is 0 Å². The number of ether oxygens (including phenoxy) is 1. The molecule has 0 radical (unpaired) electrons. The van der Waals surface area contributed by atoms with E-state index < -0.39 is 23.6 Å². The second kappa shape index (κ2) is 6.48. The maximum absolute atomic E-state index is 11.4. The summed E-state index contributed by atoms with van der Waals surface area (Å²) in [6.07, 6.45) is 1.72. The van der Waals surface area contributed by atoms with Crippen LogP contribution in [-0.2, 0) is 14.3 Å². The molecule has 0 aliphatic carbocycles. The highest BCUT2D eigenvalue weighted by molar-refractivity contribution is 5.75. The summed E-state index contributed by atoms with van der Waals surface area (Å²) >= 11 is 0. The van der Waals surface area contributed by atoms with Gasteiger partial charge in [-0.3, -0.25) is 9.59 Å². The van der Waals surface area contributed by atoms with E-state index in [1.807, 2.05) is 0 Å². The van der Waals surface area contributed by atoms with Crippen LogP contribution in [0, 0.1) is 0 Å². The molecule has 0 unspecified atom stereocenters. The molecule has 0 aromatic heterocycles. The van der Waals surface area contributed by atoms with Gasteiger partial charge in [0, 0.05) is 6.42 Å². The lowest BCUT2D eigenvalue weighted by atomic mass is 10.1. The van der Waals surface area contributed by atoms with Crippen molar-refractivity contribution >= 4 is 11.9 Å². The van der Waals surface area contributed by atoms with E-state index in [0.717, 1.165) is 0 Å². The van der Waals surface area contributed by atoms with Crippen molar-refractivity contribution in [1.82, 2.24) is 0 Å². The molecular weight excluding hydrogens is 210 g/mol. The molecule has 0 aliphatic heterocycles. The average molecular weight is 231 g/mol. The number of nitrogens with two attached hydrogens (primary N) is 1. The molecule has 0 saturated carbocycles. The Morgan fingerprint density at radius 3 is 2.31 bits per heavy atom. The summed E-state index contributed by atoms with van der Waals surface area (Å²) < 4.78 is 5.10. The van der Waals surface area contributed by atoms with Crippen molar-refractivity contribution in [2.24, 2.45) is 5.73 Å². The molecule has 5 nitrogen and oxygen atoms in total. The van der Waals surface area contributed by atoms with Crippen LogP contribution in [0.4, 0.5) is 0 Å². The van der Waals surface area contributed by atoms with Crippen LogP contribution in [0.15, 0.2) is 0 Å². The number of rotatable bonds is 6. The highest BCUT2D eigenvalue weighted by Gasteiger charge is 2.21. The molecule has 94 valence electrons. The largest absolute Gasteiger partial charge is 0.481 e. The number of aliphatic carboxylic acids is 1. The summed E-state index contributed by atoms with van der Waals surface area (Å²) in [6.45, 7) is 5.34. The molecule has 0 aliphatic rings. The van der Waals surface area contributed by atoms with E-state index in [1.165, 1.54) is 0 Å². The minimum atomic E-state index is -0.828. The van der Waals surface area contributed by atoms with Gasteiger partial charge in [-0.2, -0.15) is 0 Å². The van der Waals surface area contributed by atoms with Gasteiger partial charge >= 0.3 is 11.9 Å². The van der Waals surface area contributed by atoms with E-state index in [2.05, 4.69) is 0 Å². The van der Waals surface area contributed by atoms with Gasteiger partial charge in [-0.1, -0.05) is 6.42 Å². The van der Waals surface area contributed by atoms with E-state index in [1.54, 1.807) is 20.8 Å². The van der Waals surface area contributed by atoms with E-state index in [4.69, 9.17) is 15.6 Å². The highest BCUT2D eigenvalue weighted by atomic mass is 16.6. The number of hydrogen-bond acceptors (Lipinski definition) is 4. The third kappa shape index (κ3) is 8.23. The summed E-state index contributed by atoms with van der Waals surface area (Å²) in [4.78, 5) is 21.7. The molecule has 16 heavy (non-hydrogen) atoms. The number of carbonyl (C=O) groups excluding carboxylic acids is 1. The molecule has 0 rings (SSSR count). The number of unbranched alkanes of at least 4 members (excludes halogenated alkanes) is 1. The summed E-state index contributed by atoms with van der Waals surface area (Å²) in [5, 5.41) is 8.42. The number of hydrogen-bond donors (Lipinski definition) is 2. The number of carbonyl (C=O) groups is 2. The van der Waals surface area contributed by atoms with Crippen LogP contribution >= 0.6 is 0 Å². The van der Waals surface area contributed by atoms with E-state index >= 15 is 0 Å². The normalized spacial score (nSPS) is 13.2. The molecule has 0 aromatic carbocycles. The van der Waals surface area contributed by atoms with Crippen molar-refractivity contribution in [3.8, 4) is 0 Å². The van der Waals surface area contributed by atoms with Crippen LogP contribution < -0.4 is 5.73 Å². The molecule has 0 spiro atoms. The third-order valence-electron chi connectivity index (χ3n) is 1.87. The first-order chi connectivity index (χ1) is 7.22. The van der Waals surface area contributed by atoms with Gasteiger partial charge in [-0.15, -0.1) is 0 Å². The number of carboxylic acids is 1. The first-order valence-electron chi connectivity index (χ1n) is 5.42. The predicted molar refractivity (Wildman–Crippen MR) is 59.9 cm³/mol. The monoisotopic (exact) mass is 231 g/mol. The molecule has 5 heteroatoms. The lowest BCUT2D eigenvalue weighted by Crippen LogP contribution is -2.37. The fourth-order valence-corrected chi connectivity index (χ4v) is 1.14. The molecule has 1 atom stereocenters. The van der Waals surface area contributed by atoms with Gasteiger partial charge in [0.1, 0.15) is 11.6 Å². The Hall–Kier alpha value is -1.10.